The predicted octanol–water partition coefficient (Wildman–Crippen LogP) is 3.12. The highest BCUT2D eigenvalue weighted by Crippen LogP contribution is 2.35. The molecular formula is C18H22N2O5S. The number of para-hydroxylation sites is 1. The number of anilines is 1. The van der Waals surface area contributed by atoms with Crippen LogP contribution < -0.4 is 15.2 Å². The van der Waals surface area contributed by atoms with Gasteiger partial charge in [0.1, 0.15) is 5.75 Å². The molecule has 3 N–H and O–H groups in total. The number of sulfonamides is 1. The Balaban J connectivity index is 2.60. The first-order chi connectivity index (χ1) is 12.4. The molecule has 0 spiro atoms. The van der Waals surface area contributed by atoms with Gasteiger partial charge in [-0.25, -0.2) is 18.4 Å². The normalized spacial score (nSPS) is 11.0. The minimum atomic E-state index is -4.04. The van der Waals surface area contributed by atoms with Crippen LogP contribution in [0.1, 0.15) is 30.1 Å². The summed E-state index contributed by atoms with van der Waals surface area (Å²) in [5.41, 5.74) is 0.405. The van der Waals surface area contributed by atoms with Crippen LogP contribution in [-0.4, -0.2) is 28.0 Å². The highest BCUT2D eigenvalue weighted by atomic mass is 32.2. The number of methoxy groups -OCH3 is 1. The third kappa shape index (κ3) is 4.96. The second-order valence-corrected chi connectivity index (χ2v) is 7.14. The van der Waals surface area contributed by atoms with Gasteiger partial charge >= 0.3 is 5.97 Å². The molecule has 0 amide bonds. The summed E-state index contributed by atoms with van der Waals surface area (Å²) in [6, 6.07) is 11.3. The molecule has 0 fully saturated rings. The molecule has 8 heteroatoms. The number of carbonyl (C=O) groups is 1. The molecule has 0 radical (unpaired) electrons. The standard InChI is InChI=1S/C18H22N2O5S/c1-3-4-10-20-17-15(18(21)24-2)11-14(26(19,22)23)12-16(17)25-13-8-6-5-7-9-13/h5-9,11-12,20H,3-4,10H2,1-2H3,(H2,19,22,23). The van der Waals surface area contributed by atoms with Crippen molar-refractivity contribution in [2.45, 2.75) is 24.7 Å². The molecule has 26 heavy (non-hydrogen) atoms. The van der Waals surface area contributed by atoms with Crippen molar-refractivity contribution in [3.63, 3.8) is 0 Å². The van der Waals surface area contributed by atoms with Gasteiger partial charge in [-0.3, -0.25) is 0 Å². The van der Waals surface area contributed by atoms with Crippen molar-refractivity contribution in [1.82, 2.24) is 0 Å². The fraction of sp³-hybridized carbons (Fsp3) is 0.278. The Hall–Kier alpha value is -2.58. The number of hydrogen-bond donors (Lipinski definition) is 2. The monoisotopic (exact) mass is 378 g/mol. The van der Waals surface area contributed by atoms with Crippen molar-refractivity contribution in [2.75, 3.05) is 19.0 Å². The third-order valence-corrected chi connectivity index (χ3v) is 4.51. The van der Waals surface area contributed by atoms with Crippen molar-refractivity contribution in [2.24, 2.45) is 5.14 Å². The maximum atomic E-state index is 12.2. The maximum Gasteiger partial charge on any atom is 0.340 e. The van der Waals surface area contributed by atoms with E-state index < -0.39 is 16.0 Å². The van der Waals surface area contributed by atoms with E-state index in [4.69, 9.17) is 14.6 Å². The lowest BCUT2D eigenvalue weighted by Crippen LogP contribution is -2.16. The summed E-state index contributed by atoms with van der Waals surface area (Å²) in [6.07, 6.45) is 1.81. The molecule has 140 valence electrons. The van der Waals surface area contributed by atoms with E-state index in [0.29, 0.717) is 18.0 Å². The van der Waals surface area contributed by atoms with Gasteiger partial charge in [0.2, 0.25) is 10.0 Å². The molecule has 7 nitrogen and oxygen atoms in total. The summed E-state index contributed by atoms with van der Waals surface area (Å²) in [6.45, 7) is 2.62. The van der Waals surface area contributed by atoms with E-state index in [1.165, 1.54) is 19.2 Å². The van der Waals surface area contributed by atoms with E-state index >= 15 is 0 Å². The van der Waals surface area contributed by atoms with Crippen LogP contribution in [0.3, 0.4) is 0 Å². The van der Waals surface area contributed by atoms with Crippen LogP contribution in [0.4, 0.5) is 5.69 Å². The maximum absolute atomic E-state index is 12.2. The molecule has 2 aromatic rings. The number of unbranched alkanes of at least 4 members (excludes halogenated alkanes) is 1. The van der Waals surface area contributed by atoms with Gasteiger partial charge in [-0.1, -0.05) is 31.5 Å². The zero-order chi connectivity index (χ0) is 19.2. The predicted molar refractivity (Wildman–Crippen MR) is 99.1 cm³/mol. The van der Waals surface area contributed by atoms with Gasteiger partial charge in [0.25, 0.3) is 0 Å². The second kappa shape index (κ2) is 8.68. The van der Waals surface area contributed by atoms with E-state index in [2.05, 4.69) is 5.32 Å². The van der Waals surface area contributed by atoms with Crippen molar-refractivity contribution in [3.05, 3.63) is 48.0 Å². The number of rotatable bonds is 8. The van der Waals surface area contributed by atoms with Crippen molar-refractivity contribution in [1.29, 1.82) is 0 Å². The average molecular weight is 378 g/mol. The quantitative estimate of drug-likeness (QED) is 0.540. The number of carbonyl (C=O) groups excluding carboxylic acids is 1. The third-order valence-electron chi connectivity index (χ3n) is 3.61. The molecule has 0 aliphatic rings. The summed E-state index contributed by atoms with van der Waals surface area (Å²) in [5, 5.41) is 8.38. The molecule has 0 heterocycles. The second-order valence-electron chi connectivity index (χ2n) is 5.58. The Labute approximate surface area is 153 Å². The van der Waals surface area contributed by atoms with Gasteiger partial charge in [-0.15, -0.1) is 0 Å². The molecule has 0 aliphatic carbocycles. The first kappa shape index (κ1) is 19.7. The van der Waals surface area contributed by atoms with Gasteiger partial charge < -0.3 is 14.8 Å². The summed E-state index contributed by atoms with van der Waals surface area (Å²) >= 11 is 0. The van der Waals surface area contributed by atoms with Crippen molar-refractivity contribution in [3.8, 4) is 11.5 Å². The van der Waals surface area contributed by atoms with Gasteiger partial charge in [-0.2, -0.15) is 0 Å². The highest BCUT2D eigenvalue weighted by Gasteiger charge is 2.22. The molecule has 0 aromatic heterocycles. The Morgan fingerprint density at radius 1 is 1.19 bits per heavy atom. The number of benzene rings is 2. The zero-order valence-electron chi connectivity index (χ0n) is 14.7. The fourth-order valence-corrected chi connectivity index (χ4v) is 2.85. The van der Waals surface area contributed by atoms with Crippen LogP contribution in [0.2, 0.25) is 0 Å². The first-order valence-corrected chi connectivity index (χ1v) is 9.67. The molecule has 2 aromatic carbocycles. The van der Waals surface area contributed by atoms with Gasteiger partial charge in [-0.05, 0) is 24.6 Å². The number of nitrogens with two attached hydrogens (primary N) is 1. The van der Waals surface area contributed by atoms with E-state index in [0.717, 1.165) is 12.8 Å². The summed E-state index contributed by atoms with van der Waals surface area (Å²) < 4.78 is 34.3. The van der Waals surface area contributed by atoms with Gasteiger partial charge in [0.15, 0.2) is 5.75 Å². The van der Waals surface area contributed by atoms with Crippen LogP contribution in [0, 0.1) is 0 Å². The minimum Gasteiger partial charge on any atom is -0.465 e. The molecule has 0 aliphatic heterocycles. The first-order valence-electron chi connectivity index (χ1n) is 8.12. The lowest BCUT2D eigenvalue weighted by atomic mass is 10.1. The van der Waals surface area contributed by atoms with Crippen LogP contribution in [-0.2, 0) is 14.8 Å². The Morgan fingerprint density at radius 2 is 1.88 bits per heavy atom. The van der Waals surface area contributed by atoms with Crippen LogP contribution >= 0.6 is 0 Å². The topological polar surface area (TPSA) is 108 Å². The van der Waals surface area contributed by atoms with E-state index in [-0.39, 0.29) is 16.2 Å². The van der Waals surface area contributed by atoms with Crippen molar-refractivity contribution >= 4 is 21.7 Å². The Kier molecular flexibility index (Phi) is 6.59. The lowest BCUT2D eigenvalue weighted by Gasteiger charge is -2.17. The molecule has 0 unspecified atom stereocenters. The van der Waals surface area contributed by atoms with Crippen LogP contribution in [0.5, 0.6) is 11.5 Å². The Bertz CT molecular complexity index is 867. The van der Waals surface area contributed by atoms with Gasteiger partial charge in [0.05, 0.1) is 23.3 Å². The highest BCUT2D eigenvalue weighted by molar-refractivity contribution is 7.89. The van der Waals surface area contributed by atoms with E-state index in [9.17, 15) is 13.2 Å². The summed E-state index contributed by atoms with van der Waals surface area (Å²) in [5.74, 6) is -0.0138. The SMILES string of the molecule is CCCCNc1c(Oc2ccccc2)cc(S(N)(=O)=O)cc1C(=O)OC. The number of primary sulfonamides is 1. The number of esters is 1. The molecule has 0 atom stereocenters. The molecule has 0 bridgehead atoms. The molecule has 0 saturated carbocycles. The summed E-state index contributed by atoms with van der Waals surface area (Å²) in [4.78, 5) is 12.0. The molecule has 0 saturated heterocycles. The van der Waals surface area contributed by atoms with Crippen LogP contribution in [0.15, 0.2) is 47.4 Å². The zero-order valence-corrected chi connectivity index (χ0v) is 15.5. The average Bonchev–Trinajstić information content (AvgIpc) is 2.62. The fourth-order valence-electron chi connectivity index (χ4n) is 2.29. The van der Waals surface area contributed by atoms with Crippen LogP contribution in [0.25, 0.3) is 0 Å². The van der Waals surface area contributed by atoms with Crippen molar-refractivity contribution < 1.29 is 22.7 Å². The molecular weight excluding hydrogens is 356 g/mol. The van der Waals surface area contributed by atoms with Gasteiger partial charge in [0, 0.05) is 12.6 Å². The smallest absolute Gasteiger partial charge is 0.340 e. The Morgan fingerprint density at radius 3 is 2.46 bits per heavy atom. The molecule has 2 rings (SSSR count). The number of ether oxygens (including phenoxy) is 2. The lowest BCUT2D eigenvalue weighted by molar-refractivity contribution is 0.0601. The summed E-state index contributed by atoms with van der Waals surface area (Å²) in [7, 11) is -2.82. The van der Waals surface area contributed by atoms with E-state index in [1.807, 2.05) is 13.0 Å². The number of nitrogens with one attached hydrogen (secondary N) is 1. The largest absolute Gasteiger partial charge is 0.465 e. The minimum absolute atomic E-state index is 0.0426. The number of hydrogen-bond acceptors (Lipinski definition) is 6. The van der Waals surface area contributed by atoms with E-state index in [1.54, 1.807) is 24.3 Å².